The Labute approximate surface area is 169 Å². The fourth-order valence-electron chi connectivity index (χ4n) is 2.85. The Kier molecular flexibility index (Phi) is 4.86. The number of halogens is 1. The SMILES string of the molecule is CCN1C(=O)C(=C2Sc3ccccc3N2C)SC1=Nc1cccc(Br)c1. The number of rotatable bonds is 2. The summed E-state index contributed by atoms with van der Waals surface area (Å²) in [6.07, 6.45) is 0. The topological polar surface area (TPSA) is 35.9 Å². The maximum absolute atomic E-state index is 13.0. The van der Waals surface area contributed by atoms with Gasteiger partial charge in [-0.1, -0.05) is 45.9 Å². The molecule has 0 unspecified atom stereocenters. The lowest BCUT2D eigenvalue weighted by Crippen LogP contribution is -2.29. The molecule has 0 N–H and O–H groups in total. The van der Waals surface area contributed by atoms with Crippen LogP contribution in [0.4, 0.5) is 11.4 Å². The summed E-state index contributed by atoms with van der Waals surface area (Å²) < 4.78 is 0.969. The van der Waals surface area contributed by atoms with Gasteiger partial charge in [-0.3, -0.25) is 9.69 Å². The fourth-order valence-corrected chi connectivity index (χ4v) is 5.65. The fraction of sp³-hybridized carbons (Fsp3) is 0.158. The minimum atomic E-state index is 0.0217. The van der Waals surface area contributed by atoms with Crippen LogP contribution in [0.25, 0.3) is 0 Å². The van der Waals surface area contributed by atoms with Gasteiger partial charge in [0.05, 0.1) is 16.4 Å². The molecule has 2 aliphatic heterocycles. The van der Waals surface area contributed by atoms with Crippen molar-refractivity contribution in [1.82, 2.24) is 4.90 Å². The second kappa shape index (κ2) is 7.13. The average molecular weight is 446 g/mol. The van der Waals surface area contributed by atoms with Crippen molar-refractivity contribution in [3.63, 3.8) is 0 Å². The first-order valence-electron chi connectivity index (χ1n) is 8.17. The zero-order valence-electron chi connectivity index (χ0n) is 14.3. The largest absolute Gasteiger partial charge is 0.337 e. The summed E-state index contributed by atoms with van der Waals surface area (Å²) in [5.41, 5.74) is 1.96. The number of carbonyl (C=O) groups is 1. The highest BCUT2D eigenvalue weighted by atomic mass is 79.9. The van der Waals surface area contributed by atoms with E-state index in [9.17, 15) is 4.79 Å². The zero-order valence-corrected chi connectivity index (χ0v) is 17.5. The van der Waals surface area contributed by atoms with Crippen LogP contribution < -0.4 is 4.90 Å². The molecule has 4 rings (SSSR count). The number of likely N-dealkylation sites (N-methyl/N-ethyl adjacent to an activating group) is 1. The second-order valence-electron chi connectivity index (χ2n) is 5.79. The van der Waals surface area contributed by atoms with E-state index < -0.39 is 0 Å². The number of hydrogen-bond donors (Lipinski definition) is 0. The van der Waals surface area contributed by atoms with Crippen LogP contribution >= 0.6 is 39.5 Å². The quantitative estimate of drug-likeness (QED) is 0.576. The van der Waals surface area contributed by atoms with E-state index in [1.54, 1.807) is 16.7 Å². The molecule has 2 aromatic carbocycles. The van der Waals surface area contributed by atoms with Gasteiger partial charge < -0.3 is 4.90 Å². The standard InChI is InChI=1S/C19H16BrN3OS2/c1-3-23-17(24)16(18-22(2)14-9-4-5-10-15(14)25-18)26-19(23)21-13-8-6-7-12(20)11-13/h4-11H,3H2,1-2H3. The van der Waals surface area contributed by atoms with Crippen molar-refractivity contribution >= 4 is 61.9 Å². The molecule has 1 fully saturated rings. The van der Waals surface area contributed by atoms with Gasteiger partial charge in [0.1, 0.15) is 4.91 Å². The first-order chi connectivity index (χ1) is 12.6. The third kappa shape index (κ3) is 3.08. The molecule has 7 heteroatoms. The lowest BCUT2D eigenvalue weighted by molar-refractivity contribution is -0.122. The van der Waals surface area contributed by atoms with E-state index in [4.69, 9.17) is 4.99 Å². The number of amides is 1. The third-order valence-electron chi connectivity index (χ3n) is 4.14. The summed E-state index contributed by atoms with van der Waals surface area (Å²) in [6.45, 7) is 2.57. The number of benzene rings is 2. The van der Waals surface area contributed by atoms with E-state index in [1.165, 1.54) is 16.7 Å². The molecular weight excluding hydrogens is 430 g/mol. The molecule has 2 aromatic rings. The number of hydrogen-bond acceptors (Lipinski definition) is 5. The van der Waals surface area contributed by atoms with E-state index in [0.717, 1.165) is 30.9 Å². The highest BCUT2D eigenvalue weighted by molar-refractivity contribution is 9.10. The maximum Gasteiger partial charge on any atom is 0.269 e. The number of fused-ring (bicyclic) bond motifs is 1. The smallest absolute Gasteiger partial charge is 0.269 e. The van der Waals surface area contributed by atoms with E-state index in [2.05, 4.69) is 33.0 Å². The molecule has 1 saturated heterocycles. The lowest BCUT2D eigenvalue weighted by Gasteiger charge is -2.15. The summed E-state index contributed by atoms with van der Waals surface area (Å²) in [7, 11) is 2.01. The van der Waals surface area contributed by atoms with Gasteiger partial charge >= 0.3 is 0 Å². The van der Waals surface area contributed by atoms with Gasteiger partial charge in [-0.05, 0) is 49.0 Å². The Morgan fingerprint density at radius 2 is 1.92 bits per heavy atom. The number of aliphatic imine (C=N–C) groups is 1. The summed E-state index contributed by atoms with van der Waals surface area (Å²) in [6, 6.07) is 16.0. The van der Waals surface area contributed by atoms with Gasteiger partial charge in [0.2, 0.25) is 0 Å². The predicted octanol–water partition coefficient (Wildman–Crippen LogP) is 5.44. The lowest BCUT2D eigenvalue weighted by atomic mass is 10.3. The zero-order chi connectivity index (χ0) is 18.3. The van der Waals surface area contributed by atoms with Gasteiger partial charge in [0.25, 0.3) is 5.91 Å². The van der Waals surface area contributed by atoms with E-state index in [1.807, 2.05) is 50.4 Å². The average Bonchev–Trinajstić information content (AvgIpc) is 3.12. The first kappa shape index (κ1) is 17.7. The molecule has 2 heterocycles. The Morgan fingerprint density at radius 1 is 1.12 bits per heavy atom. The Balaban J connectivity index is 1.73. The van der Waals surface area contributed by atoms with Crippen LogP contribution in [0.1, 0.15) is 6.92 Å². The van der Waals surface area contributed by atoms with Crippen molar-refractivity contribution in [1.29, 1.82) is 0 Å². The third-order valence-corrected chi connectivity index (χ3v) is 7.07. The van der Waals surface area contributed by atoms with Gasteiger partial charge in [-0.15, -0.1) is 0 Å². The van der Waals surface area contributed by atoms with Crippen molar-refractivity contribution in [3.05, 3.63) is 62.9 Å². The Morgan fingerprint density at radius 3 is 2.65 bits per heavy atom. The van der Waals surface area contributed by atoms with Gasteiger partial charge in [-0.25, -0.2) is 4.99 Å². The van der Waals surface area contributed by atoms with Gasteiger partial charge in [-0.2, -0.15) is 0 Å². The summed E-state index contributed by atoms with van der Waals surface area (Å²) >= 11 is 6.57. The number of thioether (sulfide) groups is 2. The van der Waals surface area contributed by atoms with Crippen LogP contribution in [0.15, 0.2) is 72.8 Å². The van der Waals surface area contributed by atoms with E-state index in [-0.39, 0.29) is 5.91 Å². The van der Waals surface area contributed by atoms with Crippen molar-refractivity contribution in [3.8, 4) is 0 Å². The second-order valence-corrected chi connectivity index (χ2v) is 8.71. The van der Waals surface area contributed by atoms with Gasteiger partial charge in [0, 0.05) is 23.0 Å². The molecule has 0 saturated carbocycles. The van der Waals surface area contributed by atoms with Crippen LogP contribution in [-0.2, 0) is 4.79 Å². The molecular formula is C19H16BrN3OS2. The van der Waals surface area contributed by atoms with Crippen LogP contribution in [0.5, 0.6) is 0 Å². The summed E-state index contributed by atoms with van der Waals surface area (Å²) in [5.74, 6) is 0.0217. The van der Waals surface area contributed by atoms with Crippen molar-refractivity contribution in [2.24, 2.45) is 4.99 Å². The first-order valence-corrected chi connectivity index (χ1v) is 10.6. The number of nitrogens with zero attached hydrogens (tertiary/aromatic N) is 3. The predicted molar refractivity (Wildman–Crippen MR) is 114 cm³/mol. The monoisotopic (exact) mass is 445 g/mol. The molecule has 0 bridgehead atoms. The minimum absolute atomic E-state index is 0.0217. The van der Waals surface area contributed by atoms with E-state index >= 15 is 0 Å². The molecule has 0 aliphatic carbocycles. The van der Waals surface area contributed by atoms with E-state index in [0.29, 0.717) is 6.54 Å². The Bertz CT molecular complexity index is 957. The van der Waals surface area contributed by atoms with Crippen LogP contribution in [0, 0.1) is 0 Å². The molecule has 0 radical (unpaired) electrons. The maximum atomic E-state index is 13.0. The molecule has 2 aliphatic rings. The van der Waals surface area contributed by atoms with Crippen molar-refractivity contribution < 1.29 is 4.79 Å². The molecule has 0 atom stereocenters. The molecule has 0 aromatic heterocycles. The Hall–Kier alpha value is -1.70. The molecule has 26 heavy (non-hydrogen) atoms. The summed E-state index contributed by atoms with van der Waals surface area (Å²) in [5, 5.41) is 1.70. The van der Waals surface area contributed by atoms with Crippen LogP contribution in [0.3, 0.4) is 0 Å². The molecule has 4 nitrogen and oxygen atoms in total. The number of anilines is 1. The number of carbonyl (C=O) groups excluding carboxylic acids is 1. The highest BCUT2D eigenvalue weighted by Gasteiger charge is 2.38. The number of amidine groups is 1. The van der Waals surface area contributed by atoms with Crippen LogP contribution in [-0.4, -0.2) is 29.6 Å². The van der Waals surface area contributed by atoms with Crippen molar-refractivity contribution in [2.45, 2.75) is 11.8 Å². The molecule has 0 spiro atoms. The van der Waals surface area contributed by atoms with Crippen molar-refractivity contribution in [2.75, 3.05) is 18.5 Å². The van der Waals surface area contributed by atoms with Gasteiger partial charge in [0.15, 0.2) is 5.17 Å². The normalized spacial score (nSPS) is 21.0. The van der Waals surface area contributed by atoms with Crippen LogP contribution in [0.2, 0.25) is 0 Å². The number of para-hydroxylation sites is 1. The summed E-state index contributed by atoms with van der Waals surface area (Å²) in [4.78, 5) is 23.5. The minimum Gasteiger partial charge on any atom is -0.337 e. The highest BCUT2D eigenvalue weighted by Crippen LogP contribution is 2.49. The molecule has 1 amide bonds. The molecule has 132 valence electrons.